The van der Waals surface area contributed by atoms with Gasteiger partial charge in [0.05, 0.1) is 22.8 Å². The molecule has 10 heteroatoms. The summed E-state index contributed by atoms with van der Waals surface area (Å²) in [6.45, 7) is 4.24. The Morgan fingerprint density at radius 1 is 0.949 bits per heavy atom. The molecular formula is C29H32F4N2O3S. The third kappa shape index (κ3) is 7.73. The number of halogens is 4. The quantitative estimate of drug-likeness (QED) is 0.198. The van der Waals surface area contributed by atoms with E-state index in [2.05, 4.69) is 16.5 Å². The van der Waals surface area contributed by atoms with Crippen LogP contribution in [-0.2, 0) is 35.7 Å². The van der Waals surface area contributed by atoms with Gasteiger partial charge < -0.3 is 4.74 Å². The first-order chi connectivity index (χ1) is 18.5. The van der Waals surface area contributed by atoms with E-state index in [-0.39, 0.29) is 10.6 Å². The number of benzene rings is 3. The Morgan fingerprint density at radius 2 is 1.72 bits per heavy atom. The summed E-state index contributed by atoms with van der Waals surface area (Å²) < 4.78 is 87.0. The van der Waals surface area contributed by atoms with E-state index in [0.717, 1.165) is 54.5 Å². The molecule has 4 rings (SSSR count). The maximum Gasteiger partial charge on any atom is 0.416 e. The van der Waals surface area contributed by atoms with E-state index in [9.17, 15) is 26.0 Å². The van der Waals surface area contributed by atoms with Crippen LogP contribution in [0.2, 0.25) is 0 Å². The standard InChI is InChI=1S/C29H32F4N2O3S/c1-2-3-4-5-16-38-25-11-13-28(27(30)18-25)34-39(36,37)26-12-8-23-20-35(15-14-22(23)17-26)19-21-6-9-24(10-7-21)29(31,32)33/h6-13,17-18,34H,2-5,14-16,19-20H2,1H3. The predicted octanol–water partition coefficient (Wildman–Crippen LogP) is 7.16. The summed E-state index contributed by atoms with van der Waals surface area (Å²) in [7, 11) is -4.02. The number of alkyl halides is 3. The second-order valence-electron chi connectivity index (χ2n) is 9.74. The van der Waals surface area contributed by atoms with Gasteiger partial charge in [-0.2, -0.15) is 13.2 Å². The maximum atomic E-state index is 14.6. The molecule has 0 saturated heterocycles. The highest BCUT2D eigenvalue weighted by Gasteiger charge is 2.30. The number of sulfonamides is 1. The molecule has 0 atom stereocenters. The van der Waals surface area contributed by atoms with Crippen molar-refractivity contribution in [3.8, 4) is 5.75 Å². The van der Waals surface area contributed by atoms with Gasteiger partial charge in [-0.25, -0.2) is 12.8 Å². The smallest absolute Gasteiger partial charge is 0.416 e. The molecule has 1 heterocycles. The van der Waals surface area contributed by atoms with Crippen LogP contribution in [0.15, 0.2) is 65.6 Å². The average molecular weight is 565 g/mol. The molecule has 39 heavy (non-hydrogen) atoms. The first kappa shape index (κ1) is 28.9. The second-order valence-corrected chi connectivity index (χ2v) is 11.4. The van der Waals surface area contributed by atoms with E-state index in [0.29, 0.717) is 38.4 Å². The summed E-state index contributed by atoms with van der Waals surface area (Å²) in [5.74, 6) is -0.372. The van der Waals surface area contributed by atoms with Gasteiger partial charge in [-0.1, -0.05) is 44.4 Å². The minimum Gasteiger partial charge on any atom is -0.493 e. The molecule has 1 aliphatic rings. The van der Waals surface area contributed by atoms with Crippen LogP contribution in [0.4, 0.5) is 23.2 Å². The summed E-state index contributed by atoms with van der Waals surface area (Å²) in [6.07, 6.45) is 0.342. The van der Waals surface area contributed by atoms with Gasteiger partial charge in [-0.05, 0) is 65.9 Å². The first-order valence-corrected chi connectivity index (χ1v) is 14.5. The number of unbranched alkanes of at least 4 members (excludes halogenated alkanes) is 3. The predicted molar refractivity (Wildman–Crippen MR) is 143 cm³/mol. The van der Waals surface area contributed by atoms with Gasteiger partial charge in [0, 0.05) is 25.7 Å². The Kier molecular flexibility index (Phi) is 9.17. The highest BCUT2D eigenvalue weighted by atomic mass is 32.2. The largest absolute Gasteiger partial charge is 0.493 e. The SMILES string of the molecule is CCCCCCOc1ccc(NS(=O)(=O)c2ccc3c(c2)CCN(Cc2ccc(C(F)(F)F)cc2)C3)c(F)c1. The molecule has 0 aromatic heterocycles. The Hall–Kier alpha value is -3.11. The number of ether oxygens (including phenoxy) is 1. The highest BCUT2D eigenvalue weighted by molar-refractivity contribution is 7.92. The van der Waals surface area contributed by atoms with Crippen LogP contribution >= 0.6 is 0 Å². The Morgan fingerprint density at radius 3 is 2.41 bits per heavy atom. The van der Waals surface area contributed by atoms with Crippen molar-refractivity contribution in [3.63, 3.8) is 0 Å². The number of anilines is 1. The zero-order valence-electron chi connectivity index (χ0n) is 21.7. The van der Waals surface area contributed by atoms with Gasteiger partial charge in [0.25, 0.3) is 10.0 Å². The van der Waals surface area contributed by atoms with Crippen molar-refractivity contribution in [1.82, 2.24) is 4.90 Å². The molecule has 3 aromatic carbocycles. The Labute approximate surface area is 226 Å². The van der Waals surface area contributed by atoms with E-state index in [1.807, 2.05) is 0 Å². The van der Waals surface area contributed by atoms with E-state index < -0.39 is 27.6 Å². The van der Waals surface area contributed by atoms with Crippen LogP contribution < -0.4 is 9.46 Å². The molecule has 0 spiro atoms. The molecule has 5 nitrogen and oxygen atoms in total. The fraction of sp³-hybridized carbons (Fsp3) is 0.379. The van der Waals surface area contributed by atoms with Crippen LogP contribution in [0.5, 0.6) is 5.75 Å². The van der Waals surface area contributed by atoms with E-state index in [1.54, 1.807) is 18.2 Å². The molecule has 0 amide bonds. The number of hydrogen-bond donors (Lipinski definition) is 1. The number of hydrogen-bond acceptors (Lipinski definition) is 4. The minimum atomic E-state index is -4.37. The maximum absolute atomic E-state index is 14.6. The molecule has 1 aliphatic heterocycles. The van der Waals surface area contributed by atoms with Gasteiger partial charge in [0.1, 0.15) is 5.75 Å². The van der Waals surface area contributed by atoms with Crippen molar-refractivity contribution in [2.24, 2.45) is 0 Å². The number of nitrogens with zero attached hydrogens (tertiary/aromatic N) is 1. The second kappa shape index (κ2) is 12.4. The lowest BCUT2D eigenvalue weighted by Gasteiger charge is -2.29. The van der Waals surface area contributed by atoms with Crippen LogP contribution in [0.25, 0.3) is 0 Å². The van der Waals surface area contributed by atoms with E-state index >= 15 is 0 Å². The molecule has 0 unspecified atom stereocenters. The van der Waals surface area contributed by atoms with E-state index in [1.165, 1.54) is 30.3 Å². The third-order valence-electron chi connectivity index (χ3n) is 6.72. The van der Waals surface area contributed by atoms with Gasteiger partial charge in [-0.15, -0.1) is 0 Å². The summed E-state index contributed by atoms with van der Waals surface area (Å²) in [5.41, 5.74) is 1.74. The summed E-state index contributed by atoms with van der Waals surface area (Å²) >= 11 is 0. The Bertz CT molecular complexity index is 1380. The van der Waals surface area contributed by atoms with Crippen LogP contribution in [0.3, 0.4) is 0 Å². The van der Waals surface area contributed by atoms with Gasteiger partial charge in [-0.3, -0.25) is 9.62 Å². The zero-order valence-corrected chi connectivity index (χ0v) is 22.5. The molecule has 3 aromatic rings. The lowest BCUT2D eigenvalue weighted by atomic mass is 9.99. The highest BCUT2D eigenvalue weighted by Crippen LogP contribution is 2.30. The van der Waals surface area contributed by atoms with Crippen molar-refractivity contribution in [3.05, 3.63) is 88.7 Å². The third-order valence-corrected chi connectivity index (χ3v) is 8.08. The molecule has 1 N–H and O–H groups in total. The number of nitrogens with one attached hydrogen (secondary N) is 1. The fourth-order valence-corrected chi connectivity index (χ4v) is 5.66. The topological polar surface area (TPSA) is 58.6 Å². The van der Waals surface area contributed by atoms with Crippen molar-refractivity contribution >= 4 is 15.7 Å². The van der Waals surface area contributed by atoms with Gasteiger partial charge >= 0.3 is 6.18 Å². The molecule has 0 fully saturated rings. The van der Waals surface area contributed by atoms with Gasteiger partial charge in [0.15, 0.2) is 5.82 Å². The fourth-order valence-electron chi connectivity index (χ4n) is 4.54. The monoisotopic (exact) mass is 564 g/mol. The lowest BCUT2D eigenvalue weighted by Crippen LogP contribution is -2.30. The van der Waals surface area contributed by atoms with Crippen molar-refractivity contribution in [1.29, 1.82) is 0 Å². The molecule has 0 bridgehead atoms. The zero-order chi connectivity index (χ0) is 28.0. The summed E-state index contributed by atoms with van der Waals surface area (Å²) in [6, 6.07) is 14.0. The van der Waals surface area contributed by atoms with Crippen LogP contribution in [0, 0.1) is 5.82 Å². The van der Waals surface area contributed by atoms with Crippen molar-refractivity contribution < 1.29 is 30.7 Å². The molecule has 0 saturated carbocycles. The van der Waals surface area contributed by atoms with Crippen LogP contribution in [-0.4, -0.2) is 26.5 Å². The van der Waals surface area contributed by atoms with Crippen LogP contribution in [0.1, 0.15) is 54.9 Å². The van der Waals surface area contributed by atoms with E-state index in [4.69, 9.17) is 4.74 Å². The Balaban J connectivity index is 1.37. The average Bonchev–Trinajstić information content (AvgIpc) is 2.89. The first-order valence-electron chi connectivity index (χ1n) is 13.0. The van der Waals surface area contributed by atoms with Crippen molar-refractivity contribution in [2.75, 3.05) is 17.9 Å². The molecule has 0 radical (unpaired) electrons. The van der Waals surface area contributed by atoms with Crippen molar-refractivity contribution in [2.45, 2.75) is 63.2 Å². The lowest BCUT2D eigenvalue weighted by molar-refractivity contribution is -0.137. The van der Waals surface area contributed by atoms with Gasteiger partial charge in [0.2, 0.25) is 0 Å². The summed E-state index contributed by atoms with van der Waals surface area (Å²) in [4.78, 5) is 2.13. The minimum absolute atomic E-state index is 0.0353. The number of rotatable bonds is 11. The molecule has 210 valence electrons. The normalized spacial score (nSPS) is 14.2. The number of fused-ring (bicyclic) bond motifs is 1. The molecule has 0 aliphatic carbocycles. The summed E-state index contributed by atoms with van der Waals surface area (Å²) in [5, 5.41) is 0. The molecular weight excluding hydrogens is 532 g/mol.